The normalized spacial score (nSPS) is 15.9. The molecule has 0 saturated heterocycles. The average Bonchev–Trinajstić information content (AvgIpc) is 2.70. The van der Waals surface area contributed by atoms with Gasteiger partial charge in [0.15, 0.2) is 0 Å². The van der Waals surface area contributed by atoms with Gasteiger partial charge in [-0.2, -0.15) is 0 Å². The van der Waals surface area contributed by atoms with Crippen molar-refractivity contribution >= 4 is 29.6 Å². The van der Waals surface area contributed by atoms with E-state index in [2.05, 4.69) is 16.0 Å². The van der Waals surface area contributed by atoms with Crippen molar-refractivity contribution in [3.8, 4) is 0 Å². The standard InChI is InChI=1S/C21H39N5O6/c1-7-12(6)17(20(30)24-13(21(31)32)8-9-14(22)27)26-19(29)16(11(4)5)25-18(28)15(23)10(2)3/h10-13,15-17H,7-9,23H2,1-6H3,(H2,22,27)(H,24,30)(H,25,28)(H,26,29)(H,31,32). The third kappa shape index (κ3) is 9.63. The van der Waals surface area contributed by atoms with Crippen LogP contribution in [0.4, 0.5) is 0 Å². The number of primary amides is 1. The lowest BCUT2D eigenvalue weighted by atomic mass is 9.95. The number of carbonyl (C=O) groups is 5. The number of carboxylic acids is 1. The highest BCUT2D eigenvalue weighted by atomic mass is 16.4. The summed E-state index contributed by atoms with van der Waals surface area (Å²) in [6.45, 7) is 10.6. The second kappa shape index (κ2) is 13.7. The minimum Gasteiger partial charge on any atom is -0.480 e. The Balaban J connectivity index is 5.50. The Morgan fingerprint density at radius 1 is 0.812 bits per heavy atom. The summed E-state index contributed by atoms with van der Waals surface area (Å²) in [5.41, 5.74) is 10.9. The molecule has 0 spiro atoms. The number of nitrogens with one attached hydrogen (secondary N) is 3. The first kappa shape index (κ1) is 29.3. The minimum atomic E-state index is -1.33. The summed E-state index contributed by atoms with van der Waals surface area (Å²) in [6.07, 6.45) is 0.138. The van der Waals surface area contributed by atoms with E-state index < -0.39 is 53.8 Å². The first-order valence-electron chi connectivity index (χ1n) is 10.9. The molecule has 0 radical (unpaired) electrons. The SMILES string of the molecule is CCC(C)C(NC(=O)C(NC(=O)C(N)C(C)C)C(C)C)C(=O)NC(CCC(N)=O)C(=O)O. The summed E-state index contributed by atoms with van der Waals surface area (Å²) >= 11 is 0. The second-order valence-corrected chi connectivity index (χ2v) is 8.78. The van der Waals surface area contributed by atoms with E-state index in [0.29, 0.717) is 6.42 Å². The molecule has 184 valence electrons. The molecule has 0 aliphatic carbocycles. The van der Waals surface area contributed by atoms with Crippen molar-refractivity contribution in [1.82, 2.24) is 16.0 Å². The fraction of sp³-hybridized carbons (Fsp3) is 0.762. The van der Waals surface area contributed by atoms with E-state index in [1.165, 1.54) is 0 Å². The van der Waals surface area contributed by atoms with Gasteiger partial charge in [-0.05, 0) is 24.2 Å². The van der Waals surface area contributed by atoms with Crippen LogP contribution in [0, 0.1) is 17.8 Å². The fourth-order valence-corrected chi connectivity index (χ4v) is 2.84. The van der Waals surface area contributed by atoms with Crippen LogP contribution < -0.4 is 27.4 Å². The van der Waals surface area contributed by atoms with Crippen molar-refractivity contribution < 1.29 is 29.1 Å². The van der Waals surface area contributed by atoms with Crippen LogP contribution >= 0.6 is 0 Å². The maximum Gasteiger partial charge on any atom is 0.326 e. The van der Waals surface area contributed by atoms with Crippen LogP contribution in [0.2, 0.25) is 0 Å². The molecule has 0 heterocycles. The van der Waals surface area contributed by atoms with Gasteiger partial charge in [-0.3, -0.25) is 19.2 Å². The van der Waals surface area contributed by atoms with E-state index in [9.17, 15) is 29.1 Å². The first-order valence-corrected chi connectivity index (χ1v) is 10.9. The minimum absolute atomic E-state index is 0.127. The molecule has 11 heteroatoms. The van der Waals surface area contributed by atoms with E-state index in [1.54, 1.807) is 34.6 Å². The zero-order chi connectivity index (χ0) is 25.2. The fourth-order valence-electron chi connectivity index (χ4n) is 2.84. The molecule has 0 aliphatic heterocycles. The van der Waals surface area contributed by atoms with Crippen molar-refractivity contribution in [2.75, 3.05) is 0 Å². The molecule has 5 atom stereocenters. The second-order valence-electron chi connectivity index (χ2n) is 8.78. The molecule has 0 fully saturated rings. The summed E-state index contributed by atoms with van der Waals surface area (Å²) in [5.74, 6) is -4.50. The van der Waals surface area contributed by atoms with Crippen LogP contribution in [-0.2, 0) is 24.0 Å². The maximum absolute atomic E-state index is 13.0. The van der Waals surface area contributed by atoms with Gasteiger partial charge in [0.25, 0.3) is 0 Å². The Morgan fingerprint density at radius 2 is 1.31 bits per heavy atom. The highest BCUT2D eigenvalue weighted by Gasteiger charge is 2.34. The Bertz CT molecular complexity index is 682. The number of aliphatic carboxylic acids is 1. The molecular formula is C21H39N5O6. The maximum atomic E-state index is 13.0. The Hall–Kier alpha value is -2.69. The molecule has 0 aromatic carbocycles. The highest BCUT2D eigenvalue weighted by Crippen LogP contribution is 2.12. The monoisotopic (exact) mass is 457 g/mol. The van der Waals surface area contributed by atoms with Crippen molar-refractivity contribution in [2.45, 2.75) is 85.0 Å². The number of amides is 4. The average molecular weight is 458 g/mol. The Labute approximate surface area is 189 Å². The van der Waals surface area contributed by atoms with Crippen LogP contribution in [0.5, 0.6) is 0 Å². The third-order valence-corrected chi connectivity index (χ3v) is 5.36. The van der Waals surface area contributed by atoms with Gasteiger partial charge in [-0.1, -0.05) is 48.0 Å². The van der Waals surface area contributed by atoms with Crippen LogP contribution in [0.1, 0.15) is 60.8 Å². The topological polar surface area (TPSA) is 194 Å². The molecule has 0 aliphatic rings. The molecule has 8 N–H and O–H groups in total. The van der Waals surface area contributed by atoms with Gasteiger partial charge in [0.1, 0.15) is 18.1 Å². The van der Waals surface area contributed by atoms with Gasteiger partial charge < -0.3 is 32.5 Å². The van der Waals surface area contributed by atoms with Gasteiger partial charge in [-0.15, -0.1) is 0 Å². The lowest BCUT2D eigenvalue weighted by molar-refractivity contribution is -0.143. The number of nitrogens with two attached hydrogens (primary N) is 2. The molecule has 0 rings (SSSR count). The molecule has 5 unspecified atom stereocenters. The van der Waals surface area contributed by atoms with Gasteiger partial charge >= 0.3 is 5.97 Å². The van der Waals surface area contributed by atoms with Gasteiger partial charge in [0.05, 0.1) is 6.04 Å². The zero-order valence-corrected chi connectivity index (χ0v) is 19.8. The van der Waals surface area contributed by atoms with E-state index >= 15 is 0 Å². The Kier molecular flexibility index (Phi) is 12.5. The zero-order valence-electron chi connectivity index (χ0n) is 19.8. The predicted molar refractivity (Wildman–Crippen MR) is 119 cm³/mol. The van der Waals surface area contributed by atoms with Gasteiger partial charge in [0.2, 0.25) is 23.6 Å². The number of hydrogen-bond acceptors (Lipinski definition) is 6. The van der Waals surface area contributed by atoms with E-state index in [4.69, 9.17) is 11.5 Å². The van der Waals surface area contributed by atoms with E-state index in [1.807, 2.05) is 6.92 Å². The lowest BCUT2D eigenvalue weighted by Gasteiger charge is -2.29. The smallest absolute Gasteiger partial charge is 0.326 e. The van der Waals surface area contributed by atoms with E-state index in [0.717, 1.165) is 0 Å². The first-order chi connectivity index (χ1) is 14.7. The van der Waals surface area contributed by atoms with Crippen molar-refractivity contribution in [3.05, 3.63) is 0 Å². The van der Waals surface area contributed by atoms with E-state index in [-0.39, 0.29) is 30.6 Å². The van der Waals surface area contributed by atoms with Gasteiger partial charge in [0, 0.05) is 6.42 Å². The molecule has 0 saturated carbocycles. The number of carbonyl (C=O) groups excluding carboxylic acids is 4. The van der Waals surface area contributed by atoms with Crippen LogP contribution in [0.3, 0.4) is 0 Å². The molecule has 0 aromatic heterocycles. The van der Waals surface area contributed by atoms with Crippen molar-refractivity contribution in [1.29, 1.82) is 0 Å². The summed E-state index contributed by atoms with van der Waals surface area (Å²) < 4.78 is 0. The summed E-state index contributed by atoms with van der Waals surface area (Å²) in [4.78, 5) is 60.6. The lowest BCUT2D eigenvalue weighted by Crippen LogP contribution is -2.60. The number of carboxylic acid groups (broad SMARTS) is 1. The van der Waals surface area contributed by atoms with Crippen molar-refractivity contribution in [2.24, 2.45) is 29.2 Å². The quantitative estimate of drug-likeness (QED) is 0.202. The molecule has 11 nitrogen and oxygen atoms in total. The third-order valence-electron chi connectivity index (χ3n) is 5.36. The van der Waals surface area contributed by atoms with Crippen LogP contribution in [0.15, 0.2) is 0 Å². The van der Waals surface area contributed by atoms with Crippen molar-refractivity contribution in [3.63, 3.8) is 0 Å². The predicted octanol–water partition coefficient (Wildman–Crippen LogP) is -0.524. The van der Waals surface area contributed by atoms with Gasteiger partial charge in [-0.25, -0.2) is 4.79 Å². The highest BCUT2D eigenvalue weighted by molar-refractivity contribution is 5.94. The molecule has 0 aromatic rings. The number of rotatable bonds is 14. The Morgan fingerprint density at radius 3 is 1.72 bits per heavy atom. The summed E-state index contributed by atoms with van der Waals surface area (Å²) in [7, 11) is 0. The summed E-state index contributed by atoms with van der Waals surface area (Å²) in [6, 6.07) is -4.10. The largest absolute Gasteiger partial charge is 0.480 e. The molecule has 4 amide bonds. The summed E-state index contributed by atoms with van der Waals surface area (Å²) in [5, 5.41) is 17.0. The van der Waals surface area contributed by atoms with Crippen LogP contribution in [-0.4, -0.2) is 58.9 Å². The molecule has 0 bridgehead atoms. The van der Waals surface area contributed by atoms with Crippen LogP contribution in [0.25, 0.3) is 0 Å². The molecule has 32 heavy (non-hydrogen) atoms. The number of hydrogen-bond donors (Lipinski definition) is 6. The molecular weight excluding hydrogens is 418 g/mol.